The molecule has 108 valence electrons. The van der Waals surface area contributed by atoms with Gasteiger partial charge in [-0.1, -0.05) is 0 Å². The number of hydrogen-bond donors (Lipinski definition) is 2. The fourth-order valence-corrected chi connectivity index (χ4v) is 3.98. The first kappa shape index (κ1) is 13.6. The topological polar surface area (TPSA) is 75.6 Å². The predicted molar refractivity (Wildman–Crippen MR) is 74.2 cm³/mol. The van der Waals surface area contributed by atoms with Gasteiger partial charge in [0, 0.05) is 23.3 Å². The highest BCUT2D eigenvalue weighted by Crippen LogP contribution is 2.31. The summed E-state index contributed by atoms with van der Waals surface area (Å²) in [4.78, 5) is 25.1. The average molecular weight is 295 g/mol. The van der Waals surface area contributed by atoms with Gasteiger partial charge < -0.3 is 15.2 Å². The number of ether oxygens (including phenoxy) is 1. The molecule has 1 amide bonds. The Hall–Kier alpha value is -1.40. The quantitative estimate of drug-likeness (QED) is 0.888. The number of rotatable bonds is 3. The molecule has 0 bridgehead atoms. The molecule has 2 aliphatic rings. The Bertz CT molecular complexity index is 545. The van der Waals surface area contributed by atoms with E-state index in [1.54, 1.807) is 11.3 Å². The van der Waals surface area contributed by atoms with Gasteiger partial charge in [0.25, 0.3) is 5.91 Å². The van der Waals surface area contributed by atoms with Crippen molar-refractivity contribution < 1.29 is 19.4 Å². The van der Waals surface area contributed by atoms with Crippen molar-refractivity contribution in [1.82, 2.24) is 5.32 Å². The zero-order valence-corrected chi connectivity index (χ0v) is 11.9. The molecule has 1 aliphatic heterocycles. The summed E-state index contributed by atoms with van der Waals surface area (Å²) in [5.74, 6) is -1.30. The molecular formula is C14H17NO4S. The van der Waals surface area contributed by atoms with E-state index in [0.717, 1.165) is 24.8 Å². The van der Waals surface area contributed by atoms with E-state index >= 15 is 0 Å². The van der Waals surface area contributed by atoms with Crippen molar-refractivity contribution in [3.8, 4) is 0 Å². The summed E-state index contributed by atoms with van der Waals surface area (Å²) in [6.45, 7) is 0.411. The lowest BCUT2D eigenvalue weighted by molar-refractivity contribution is -0.144. The number of amides is 1. The lowest BCUT2D eigenvalue weighted by Crippen LogP contribution is -2.55. The van der Waals surface area contributed by atoms with Gasteiger partial charge >= 0.3 is 5.97 Å². The summed E-state index contributed by atoms with van der Waals surface area (Å²) in [7, 11) is 0. The Morgan fingerprint density at radius 1 is 1.35 bits per heavy atom. The summed E-state index contributed by atoms with van der Waals surface area (Å²) in [6.07, 6.45) is 4.53. The smallest absolute Gasteiger partial charge is 0.331 e. The number of nitrogens with one attached hydrogen (secondary N) is 1. The van der Waals surface area contributed by atoms with E-state index in [0.29, 0.717) is 18.6 Å². The van der Waals surface area contributed by atoms with E-state index < -0.39 is 11.5 Å². The van der Waals surface area contributed by atoms with Crippen LogP contribution in [0, 0.1) is 0 Å². The Morgan fingerprint density at radius 2 is 2.15 bits per heavy atom. The van der Waals surface area contributed by atoms with Crippen molar-refractivity contribution in [1.29, 1.82) is 0 Å². The monoisotopic (exact) mass is 295 g/mol. The first-order chi connectivity index (χ1) is 9.62. The lowest BCUT2D eigenvalue weighted by atomic mass is 9.94. The molecule has 1 saturated heterocycles. The first-order valence-electron chi connectivity index (χ1n) is 6.85. The van der Waals surface area contributed by atoms with Crippen LogP contribution in [0.4, 0.5) is 0 Å². The summed E-state index contributed by atoms with van der Waals surface area (Å²) in [6, 6.07) is 0. The molecule has 1 fully saturated rings. The highest BCUT2D eigenvalue weighted by atomic mass is 32.1. The molecule has 6 heteroatoms. The molecule has 5 nitrogen and oxygen atoms in total. The zero-order valence-electron chi connectivity index (χ0n) is 11.1. The normalized spacial score (nSPS) is 25.2. The lowest BCUT2D eigenvalue weighted by Gasteiger charge is -2.24. The minimum Gasteiger partial charge on any atom is -0.479 e. The van der Waals surface area contributed by atoms with Gasteiger partial charge in [-0.15, -0.1) is 11.3 Å². The number of carbonyl (C=O) groups excluding carboxylic acids is 1. The second-order valence-corrected chi connectivity index (χ2v) is 6.37. The summed E-state index contributed by atoms with van der Waals surface area (Å²) >= 11 is 1.61. The number of aryl methyl sites for hydroxylation is 1. The average Bonchev–Trinajstić information content (AvgIpc) is 3.05. The number of fused-ring (bicyclic) bond motifs is 1. The van der Waals surface area contributed by atoms with Crippen molar-refractivity contribution in [2.24, 2.45) is 0 Å². The van der Waals surface area contributed by atoms with Crippen LogP contribution in [0.15, 0.2) is 5.38 Å². The molecule has 1 aromatic heterocycles. The van der Waals surface area contributed by atoms with Crippen LogP contribution < -0.4 is 5.32 Å². The Morgan fingerprint density at radius 3 is 2.85 bits per heavy atom. The molecule has 0 radical (unpaired) electrons. The molecule has 1 aliphatic carbocycles. The van der Waals surface area contributed by atoms with Gasteiger partial charge in [0.05, 0.1) is 12.2 Å². The van der Waals surface area contributed by atoms with Crippen LogP contribution in [-0.4, -0.2) is 35.7 Å². The maximum Gasteiger partial charge on any atom is 0.331 e. The van der Waals surface area contributed by atoms with Gasteiger partial charge in [-0.2, -0.15) is 0 Å². The molecule has 2 N–H and O–H groups in total. The van der Waals surface area contributed by atoms with Crippen LogP contribution in [0.1, 0.15) is 40.1 Å². The van der Waals surface area contributed by atoms with Gasteiger partial charge in [0.15, 0.2) is 5.54 Å². The Balaban J connectivity index is 1.82. The van der Waals surface area contributed by atoms with Crippen molar-refractivity contribution in [3.05, 3.63) is 21.4 Å². The molecule has 0 saturated carbocycles. The van der Waals surface area contributed by atoms with Crippen LogP contribution in [0.3, 0.4) is 0 Å². The van der Waals surface area contributed by atoms with Crippen LogP contribution in [0.5, 0.6) is 0 Å². The third-order valence-electron chi connectivity index (χ3n) is 4.09. The van der Waals surface area contributed by atoms with E-state index in [-0.39, 0.29) is 12.5 Å². The highest BCUT2D eigenvalue weighted by Gasteiger charge is 2.44. The molecule has 2 heterocycles. The Kier molecular flexibility index (Phi) is 3.52. The van der Waals surface area contributed by atoms with E-state index in [9.17, 15) is 14.7 Å². The predicted octanol–water partition coefficient (Wildman–Crippen LogP) is 1.60. The second-order valence-electron chi connectivity index (χ2n) is 5.40. The number of thiophene rings is 1. The number of carboxylic acid groups (broad SMARTS) is 1. The highest BCUT2D eigenvalue weighted by molar-refractivity contribution is 7.10. The molecule has 1 atom stereocenters. The van der Waals surface area contributed by atoms with Crippen LogP contribution in [-0.2, 0) is 22.4 Å². The largest absolute Gasteiger partial charge is 0.479 e. The number of aliphatic carboxylic acids is 1. The summed E-state index contributed by atoms with van der Waals surface area (Å²) < 4.78 is 5.16. The van der Waals surface area contributed by atoms with Crippen molar-refractivity contribution >= 4 is 23.2 Å². The van der Waals surface area contributed by atoms with Gasteiger partial charge in [-0.3, -0.25) is 4.79 Å². The van der Waals surface area contributed by atoms with Crippen molar-refractivity contribution in [2.75, 3.05) is 13.2 Å². The fraction of sp³-hybridized carbons (Fsp3) is 0.571. The van der Waals surface area contributed by atoms with Crippen LogP contribution in [0.2, 0.25) is 0 Å². The molecule has 3 rings (SSSR count). The minimum absolute atomic E-state index is 0.0421. The van der Waals surface area contributed by atoms with E-state index in [2.05, 4.69) is 5.32 Å². The first-order valence-corrected chi connectivity index (χ1v) is 7.73. The second kappa shape index (κ2) is 5.18. The van der Waals surface area contributed by atoms with Gasteiger partial charge in [0.2, 0.25) is 0 Å². The maximum absolute atomic E-state index is 12.4. The molecule has 0 spiro atoms. The van der Waals surface area contributed by atoms with Gasteiger partial charge in [0.1, 0.15) is 0 Å². The third kappa shape index (κ3) is 2.23. The van der Waals surface area contributed by atoms with E-state index in [1.807, 2.05) is 5.38 Å². The zero-order chi connectivity index (χ0) is 14.2. The molecule has 0 aromatic carbocycles. The SMILES string of the molecule is O=C(NC1(C(=O)O)CCOC1)c1csc2c1CCCC2. The number of carboxylic acids is 1. The Labute approximate surface area is 120 Å². The fourth-order valence-electron chi connectivity index (χ4n) is 2.85. The maximum atomic E-state index is 12.4. The van der Waals surface area contributed by atoms with E-state index in [1.165, 1.54) is 11.3 Å². The van der Waals surface area contributed by atoms with Crippen LogP contribution >= 0.6 is 11.3 Å². The van der Waals surface area contributed by atoms with Crippen LogP contribution in [0.25, 0.3) is 0 Å². The number of carbonyl (C=O) groups is 2. The summed E-state index contributed by atoms with van der Waals surface area (Å²) in [5, 5.41) is 13.9. The van der Waals surface area contributed by atoms with Gasteiger partial charge in [-0.25, -0.2) is 4.79 Å². The minimum atomic E-state index is -1.26. The third-order valence-corrected chi connectivity index (χ3v) is 5.18. The summed E-state index contributed by atoms with van der Waals surface area (Å²) in [5.41, 5.74) is 0.496. The molecular weight excluding hydrogens is 278 g/mol. The van der Waals surface area contributed by atoms with E-state index in [4.69, 9.17) is 4.74 Å². The standard InChI is InChI=1S/C14H17NO4S/c16-12(15-14(13(17)18)5-6-19-8-14)10-7-20-11-4-2-1-3-9(10)11/h7H,1-6,8H2,(H,15,16)(H,17,18). The van der Waals surface area contributed by atoms with Crippen molar-refractivity contribution in [3.63, 3.8) is 0 Å². The molecule has 20 heavy (non-hydrogen) atoms. The molecule has 1 unspecified atom stereocenters. The van der Waals surface area contributed by atoms with Gasteiger partial charge in [-0.05, 0) is 31.2 Å². The number of hydrogen-bond acceptors (Lipinski definition) is 4. The van der Waals surface area contributed by atoms with Crippen molar-refractivity contribution in [2.45, 2.75) is 37.6 Å². The molecule has 1 aromatic rings.